The first-order chi connectivity index (χ1) is 7.54. The molecule has 0 unspecified atom stereocenters. The Hall–Kier alpha value is -2.15. The van der Waals surface area contributed by atoms with Crippen molar-refractivity contribution in [3.63, 3.8) is 0 Å². The molecule has 0 saturated heterocycles. The zero-order chi connectivity index (χ0) is 12.1. The zero-order valence-corrected chi connectivity index (χ0v) is 8.12. The van der Waals surface area contributed by atoms with Gasteiger partial charge in [0.2, 0.25) is 0 Å². The van der Waals surface area contributed by atoms with Crippen LogP contribution in [-0.2, 0) is 11.4 Å². The maximum atomic E-state index is 10.6. The number of aliphatic hydroxyl groups excluding tert-OH is 1. The van der Waals surface area contributed by atoms with Crippen LogP contribution in [-0.4, -0.2) is 27.7 Å². The summed E-state index contributed by atoms with van der Waals surface area (Å²) in [5, 5.41) is 27.8. The van der Waals surface area contributed by atoms with Crippen LogP contribution < -0.4 is 4.74 Å². The van der Waals surface area contributed by atoms with Crippen LogP contribution in [0.5, 0.6) is 5.75 Å². The van der Waals surface area contributed by atoms with E-state index in [0.29, 0.717) is 5.56 Å². The van der Waals surface area contributed by atoms with Gasteiger partial charge in [0.15, 0.2) is 12.4 Å². The fourth-order valence-corrected chi connectivity index (χ4v) is 1.07. The number of hydrogen-bond acceptors (Lipinski definition) is 5. The summed E-state index contributed by atoms with van der Waals surface area (Å²) in [4.78, 5) is 20.2. The van der Waals surface area contributed by atoms with E-state index in [1.165, 1.54) is 12.1 Å². The fraction of sp³-hybridized carbons (Fsp3) is 0.222. The van der Waals surface area contributed by atoms with E-state index >= 15 is 0 Å². The number of aliphatic carboxylic acids is 1. The molecule has 0 spiro atoms. The van der Waals surface area contributed by atoms with E-state index in [4.69, 9.17) is 14.9 Å². The molecule has 0 atom stereocenters. The second kappa shape index (κ2) is 5.08. The first kappa shape index (κ1) is 11.9. The molecule has 0 amide bonds. The van der Waals surface area contributed by atoms with Gasteiger partial charge in [-0.05, 0) is 11.6 Å². The van der Waals surface area contributed by atoms with Crippen molar-refractivity contribution in [3.8, 4) is 5.75 Å². The Kier molecular flexibility index (Phi) is 3.78. The number of nitrogens with zero attached hydrogens (tertiary/aromatic N) is 1. The van der Waals surface area contributed by atoms with Gasteiger partial charge < -0.3 is 14.9 Å². The van der Waals surface area contributed by atoms with Crippen molar-refractivity contribution in [2.24, 2.45) is 0 Å². The highest BCUT2D eigenvalue weighted by Gasteiger charge is 2.16. The minimum Gasteiger partial charge on any atom is -0.479 e. The van der Waals surface area contributed by atoms with E-state index in [1.54, 1.807) is 0 Å². The van der Waals surface area contributed by atoms with Gasteiger partial charge in [0.25, 0.3) is 0 Å². The predicted octanol–water partition coefficient (Wildman–Crippen LogP) is 0.550. The SMILES string of the molecule is O=C(O)COc1ccc(CO)cc1[N+](=O)[O-]. The second-order valence-electron chi connectivity index (χ2n) is 2.90. The highest BCUT2D eigenvalue weighted by molar-refractivity contribution is 5.68. The summed E-state index contributed by atoms with van der Waals surface area (Å²) < 4.78 is 4.74. The maximum absolute atomic E-state index is 10.6. The summed E-state index contributed by atoms with van der Waals surface area (Å²) >= 11 is 0. The number of ether oxygens (including phenoxy) is 1. The lowest BCUT2D eigenvalue weighted by Gasteiger charge is -2.05. The lowest BCUT2D eigenvalue weighted by atomic mass is 10.2. The highest BCUT2D eigenvalue weighted by Crippen LogP contribution is 2.27. The fourth-order valence-electron chi connectivity index (χ4n) is 1.07. The van der Waals surface area contributed by atoms with Gasteiger partial charge >= 0.3 is 11.7 Å². The predicted molar refractivity (Wildman–Crippen MR) is 52.2 cm³/mol. The summed E-state index contributed by atoms with van der Waals surface area (Å²) in [6, 6.07) is 3.81. The van der Waals surface area contributed by atoms with Crippen LogP contribution in [0.3, 0.4) is 0 Å². The van der Waals surface area contributed by atoms with Gasteiger partial charge in [-0.1, -0.05) is 6.07 Å². The van der Waals surface area contributed by atoms with Crippen molar-refractivity contribution >= 4 is 11.7 Å². The molecule has 0 fully saturated rings. The number of carboxylic acids is 1. The van der Waals surface area contributed by atoms with Crippen LogP contribution in [0.15, 0.2) is 18.2 Å². The molecule has 0 aliphatic heterocycles. The summed E-state index contributed by atoms with van der Waals surface area (Å²) in [5.41, 5.74) is -0.0119. The molecule has 0 bridgehead atoms. The van der Waals surface area contributed by atoms with Crippen LogP contribution in [0.2, 0.25) is 0 Å². The van der Waals surface area contributed by atoms with Crippen LogP contribution in [0.1, 0.15) is 5.56 Å². The van der Waals surface area contributed by atoms with Gasteiger partial charge in [-0.15, -0.1) is 0 Å². The van der Waals surface area contributed by atoms with Crippen LogP contribution in [0, 0.1) is 10.1 Å². The van der Waals surface area contributed by atoms with Gasteiger partial charge in [0.05, 0.1) is 11.5 Å². The molecule has 0 aromatic heterocycles. The van der Waals surface area contributed by atoms with E-state index in [0.717, 1.165) is 6.07 Å². The largest absolute Gasteiger partial charge is 0.479 e. The van der Waals surface area contributed by atoms with Crippen molar-refractivity contribution in [1.29, 1.82) is 0 Å². The molecule has 16 heavy (non-hydrogen) atoms. The summed E-state index contributed by atoms with van der Waals surface area (Å²) in [6.07, 6.45) is 0. The molecule has 1 rings (SSSR count). The topological polar surface area (TPSA) is 110 Å². The quantitative estimate of drug-likeness (QED) is 0.561. The minimum atomic E-state index is -1.22. The van der Waals surface area contributed by atoms with Gasteiger partial charge in [-0.2, -0.15) is 0 Å². The number of nitro benzene ring substituents is 1. The van der Waals surface area contributed by atoms with Crippen LogP contribution in [0.25, 0.3) is 0 Å². The average Bonchev–Trinajstić information content (AvgIpc) is 2.25. The highest BCUT2D eigenvalue weighted by atomic mass is 16.6. The Balaban J connectivity index is 2.98. The monoisotopic (exact) mass is 227 g/mol. The maximum Gasteiger partial charge on any atom is 0.341 e. The van der Waals surface area contributed by atoms with E-state index in [2.05, 4.69) is 0 Å². The summed E-state index contributed by atoms with van der Waals surface area (Å²) in [7, 11) is 0. The molecule has 86 valence electrons. The number of nitro groups is 1. The van der Waals surface area contributed by atoms with Crippen molar-refractivity contribution in [3.05, 3.63) is 33.9 Å². The summed E-state index contributed by atoms with van der Waals surface area (Å²) in [5.74, 6) is -1.36. The standard InChI is InChI=1S/C9H9NO6/c11-4-6-1-2-8(16-5-9(12)13)7(3-6)10(14)15/h1-3,11H,4-5H2,(H,12,13). The molecular formula is C9H9NO6. The smallest absolute Gasteiger partial charge is 0.341 e. The number of hydrogen-bond donors (Lipinski definition) is 2. The summed E-state index contributed by atoms with van der Waals surface area (Å²) in [6.45, 7) is -0.987. The van der Waals surface area contributed by atoms with Gasteiger partial charge in [-0.3, -0.25) is 10.1 Å². The van der Waals surface area contributed by atoms with Crippen molar-refractivity contribution in [2.75, 3.05) is 6.61 Å². The molecule has 0 saturated carbocycles. The van der Waals surface area contributed by atoms with Gasteiger partial charge in [0.1, 0.15) is 0 Å². The zero-order valence-electron chi connectivity index (χ0n) is 8.12. The molecule has 0 radical (unpaired) electrons. The Labute approximate surface area is 90.0 Å². The normalized spacial score (nSPS) is 9.81. The number of rotatable bonds is 5. The van der Waals surface area contributed by atoms with E-state index in [-0.39, 0.29) is 18.0 Å². The van der Waals surface area contributed by atoms with Gasteiger partial charge in [-0.25, -0.2) is 4.79 Å². The Morgan fingerprint density at radius 1 is 1.50 bits per heavy atom. The molecule has 7 nitrogen and oxygen atoms in total. The molecule has 1 aromatic rings. The molecule has 2 N–H and O–H groups in total. The number of carbonyl (C=O) groups is 1. The second-order valence-corrected chi connectivity index (χ2v) is 2.90. The Morgan fingerprint density at radius 3 is 2.69 bits per heavy atom. The third-order valence-corrected chi connectivity index (χ3v) is 1.75. The third kappa shape index (κ3) is 2.92. The van der Waals surface area contributed by atoms with Crippen LogP contribution >= 0.6 is 0 Å². The lowest BCUT2D eigenvalue weighted by Crippen LogP contribution is -2.10. The van der Waals surface area contributed by atoms with Gasteiger partial charge in [0, 0.05) is 6.07 Å². The van der Waals surface area contributed by atoms with E-state index in [1.807, 2.05) is 0 Å². The molecular weight excluding hydrogens is 218 g/mol. The molecule has 0 aliphatic rings. The lowest BCUT2D eigenvalue weighted by molar-refractivity contribution is -0.385. The first-order valence-corrected chi connectivity index (χ1v) is 4.27. The minimum absolute atomic E-state index is 0.135. The molecule has 0 aliphatic carbocycles. The third-order valence-electron chi connectivity index (χ3n) is 1.75. The first-order valence-electron chi connectivity index (χ1n) is 4.27. The average molecular weight is 227 g/mol. The van der Waals surface area contributed by atoms with Crippen LogP contribution in [0.4, 0.5) is 5.69 Å². The molecule has 7 heteroatoms. The van der Waals surface area contributed by atoms with Crippen molar-refractivity contribution in [2.45, 2.75) is 6.61 Å². The molecule has 0 heterocycles. The number of benzene rings is 1. The Morgan fingerprint density at radius 2 is 2.19 bits per heavy atom. The van der Waals surface area contributed by atoms with E-state index < -0.39 is 17.5 Å². The molecule has 1 aromatic carbocycles. The van der Waals surface area contributed by atoms with Crippen molar-refractivity contribution < 1.29 is 24.7 Å². The Bertz CT molecular complexity index is 416. The van der Waals surface area contributed by atoms with Crippen molar-refractivity contribution in [1.82, 2.24) is 0 Å². The number of aliphatic hydroxyl groups is 1. The van der Waals surface area contributed by atoms with E-state index in [9.17, 15) is 14.9 Å². The number of carboxylic acid groups (broad SMARTS) is 1.